The van der Waals surface area contributed by atoms with E-state index >= 15 is 0 Å². The molecular weight excluding hydrogens is 938 g/mol. The van der Waals surface area contributed by atoms with Gasteiger partial charge in [-0.15, -0.1) is 23.8 Å². The van der Waals surface area contributed by atoms with Crippen LogP contribution in [0.3, 0.4) is 0 Å². The van der Waals surface area contributed by atoms with Gasteiger partial charge in [-0.2, -0.15) is 0 Å². The van der Waals surface area contributed by atoms with E-state index in [0.29, 0.717) is 50.4 Å². The van der Waals surface area contributed by atoms with Crippen LogP contribution >= 0.6 is 0 Å². The summed E-state index contributed by atoms with van der Waals surface area (Å²) in [5, 5.41) is 11.8. The molecule has 62 heavy (non-hydrogen) atoms. The number of aromatic hydroxyl groups is 1. The summed E-state index contributed by atoms with van der Waals surface area (Å²) >= 11 is 0. The number of fused-ring (bicyclic) bond motifs is 1. The van der Waals surface area contributed by atoms with E-state index in [1.807, 2.05) is 143 Å². The van der Waals surface area contributed by atoms with Crippen molar-refractivity contribution in [2.45, 2.75) is 59.6 Å². The van der Waals surface area contributed by atoms with Gasteiger partial charge in [-0.25, -0.2) is 4.98 Å². The largest absolute Gasteiger partial charge is 0.507 e. The van der Waals surface area contributed by atoms with Crippen molar-refractivity contribution in [2.75, 3.05) is 0 Å². The molecule has 2 aromatic heterocycles. The zero-order chi connectivity index (χ0) is 50.8. The predicted octanol–water partition coefficient (Wildman–Crippen LogP) is 15.0. The molecule has 0 unspecified atom stereocenters. The minimum absolute atomic E-state index is 0. The van der Waals surface area contributed by atoms with Crippen LogP contribution in [-0.2, 0) is 26.5 Å². The molecule has 4 nitrogen and oxygen atoms in total. The normalized spacial score (nSPS) is 14.7. The molecule has 2 heterocycles. The molecule has 310 valence electrons. The van der Waals surface area contributed by atoms with Crippen molar-refractivity contribution in [3.05, 3.63) is 192 Å². The van der Waals surface area contributed by atoms with Crippen molar-refractivity contribution < 1.29 is 39.9 Å². The first kappa shape index (κ1) is 31.5. The van der Waals surface area contributed by atoms with E-state index in [4.69, 9.17) is 23.7 Å². The van der Waals surface area contributed by atoms with Crippen LogP contribution in [-0.4, -0.2) is 19.6 Å². The summed E-state index contributed by atoms with van der Waals surface area (Å²) in [6, 6.07) is 52.9. The van der Waals surface area contributed by atoms with Crippen LogP contribution in [0, 0.1) is 19.9 Å². The van der Waals surface area contributed by atoms with Crippen molar-refractivity contribution in [2.24, 2.45) is 0 Å². The van der Waals surface area contributed by atoms with E-state index in [1.165, 1.54) is 24.3 Å². The molecule has 1 N–H and O–H groups in total. The molecule has 0 aliphatic heterocycles. The number of aryl methyl sites for hydroxylation is 2. The number of phenols is 1. The topological polar surface area (TPSA) is 50.9 Å². The first-order valence-corrected chi connectivity index (χ1v) is 20.2. The van der Waals surface area contributed by atoms with Crippen LogP contribution in [0.4, 0.5) is 0 Å². The van der Waals surface area contributed by atoms with E-state index < -0.39 is 31.9 Å². The zero-order valence-electron chi connectivity index (χ0n) is 44.7. The van der Waals surface area contributed by atoms with Gasteiger partial charge in [0.2, 0.25) is 0 Å². The van der Waals surface area contributed by atoms with Crippen LogP contribution in [0.25, 0.3) is 83.9 Å². The number of nitrogens with zero attached hydrogens (tertiary/aromatic N) is 3. The van der Waals surface area contributed by atoms with Gasteiger partial charge in [0.15, 0.2) is 0 Å². The number of pyridine rings is 1. The third-order valence-electron chi connectivity index (χ3n) is 11.2. The van der Waals surface area contributed by atoms with Crippen molar-refractivity contribution >= 4 is 11.0 Å². The van der Waals surface area contributed by atoms with Crippen molar-refractivity contribution in [1.29, 1.82) is 0 Å². The Balaban J connectivity index is 0.00000693. The maximum Gasteiger partial charge on any atom is 0.148 e. The molecule has 0 aliphatic carbocycles. The smallest absolute Gasteiger partial charge is 0.148 e. The van der Waals surface area contributed by atoms with Crippen LogP contribution in [0.1, 0.15) is 76.3 Å². The number of para-hydroxylation sites is 1. The quantitative estimate of drug-likeness (QED) is 0.154. The van der Waals surface area contributed by atoms with Crippen LogP contribution in [0.15, 0.2) is 164 Å². The van der Waals surface area contributed by atoms with Crippen LogP contribution in [0.2, 0.25) is 0 Å². The van der Waals surface area contributed by atoms with E-state index in [-0.39, 0.29) is 32.4 Å². The summed E-state index contributed by atoms with van der Waals surface area (Å²) in [4.78, 5) is 10.2. The minimum atomic E-state index is -3.38. The molecule has 9 rings (SSSR count). The Morgan fingerprint density at radius 3 is 2.05 bits per heavy atom. The summed E-state index contributed by atoms with van der Waals surface area (Å²) in [5.41, 5.74) is 9.46. The molecule has 0 fully saturated rings. The third kappa shape index (κ3) is 8.20. The number of hydrogen-bond acceptors (Lipinski definition) is 3. The molecule has 0 atom stereocenters. The Kier molecular flexibility index (Phi) is 8.73. The second kappa shape index (κ2) is 17.2. The molecule has 0 saturated heterocycles. The first-order chi connectivity index (χ1) is 33.5. The Labute approximate surface area is 394 Å². The maximum absolute atomic E-state index is 11.8. The van der Waals surface area contributed by atoms with E-state index in [2.05, 4.69) is 22.8 Å². The van der Waals surface area contributed by atoms with Gasteiger partial charge in [0.05, 0.1) is 22.3 Å². The Morgan fingerprint density at radius 2 is 1.34 bits per heavy atom. The molecule has 0 bridgehead atoms. The molecule has 0 saturated carbocycles. The fraction of sp³-hybridized carbons (Fsp3) is 0.158. The summed E-state index contributed by atoms with van der Waals surface area (Å²) in [7, 11) is 0. The van der Waals surface area contributed by atoms with Gasteiger partial charge in [-0.05, 0) is 100.0 Å². The summed E-state index contributed by atoms with van der Waals surface area (Å²) in [5.74, 6) is -0.236. The molecule has 9 aromatic rings. The third-order valence-corrected chi connectivity index (χ3v) is 11.2. The molecular formula is C57H50N3OPt-. The van der Waals surface area contributed by atoms with Gasteiger partial charge < -0.3 is 5.11 Å². The monoisotopic (exact) mass is 997 g/mol. The Morgan fingerprint density at radius 1 is 0.645 bits per heavy atom. The number of benzene rings is 7. The van der Waals surface area contributed by atoms with E-state index in [9.17, 15) is 5.11 Å². The van der Waals surface area contributed by atoms with Gasteiger partial charge in [-0.1, -0.05) is 166 Å². The second-order valence-electron chi connectivity index (χ2n) is 15.8. The average Bonchev–Trinajstić information content (AvgIpc) is 3.71. The maximum atomic E-state index is 11.8. The summed E-state index contributed by atoms with van der Waals surface area (Å²) in [6.45, 7) is -2.54. The molecule has 0 radical (unpaired) electrons. The molecule has 0 amide bonds. The van der Waals surface area contributed by atoms with Crippen molar-refractivity contribution in [3.63, 3.8) is 0 Å². The predicted molar refractivity (Wildman–Crippen MR) is 254 cm³/mol. The Bertz CT molecular complexity index is 3410. The van der Waals surface area contributed by atoms with Crippen LogP contribution < -0.4 is 0 Å². The summed E-state index contributed by atoms with van der Waals surface area (Å²) < 4.78 is 84.8. The molecule has 0 aliphatic rings. The molecule has 5 heteroatoms. The second-order valence-corrected chi connectivity index (χ2v) is 15.8. The molecule has 0 spiro atoms. The van der Waals surface area contributed by atoms with Gasteiger partial charge >= 0.3 is 0 Å². The number of imidazole rings is 1. The number of phenolic OH excluding ortho intramolecular Hbond substituents is 1. The van der Waals surface area contributed by atoms with E-state index in [0.717, 1.165) is 50.1 Å². The average molecular weight is 998 g/mol. The van der Waals surface area contributed by atoms with Crippen molar-refractivity contribution in [3.8, 4) is 78.6 Å². The zero-order valence-corrected chi connectivity index (χ0v) is 37.0. The minimum Gasteiger partial charge on any atom is -0.507 e. The number of hydrogen-bond donors (Lipinski definition) is 1. The molecule has 7 aromatic carbocycles. The SMILES string of the molecule is [2H]C(C)(C)c1ccc(-n2c(-c3cc(C)cc(C)c3O)nc3c(-c4[c-]c(-c5cc(-c6ccc(C(C([2H])([2H])[2H])(C([2H])([2H])[2H])C([2H])([2H])[2H])cc6)ccn5)cc(-c5ccccc5)c4)cccc32)c(-c2ccccc2)c1.[Pt]. The van der Waals surface area contributed by atoms with E-state index in [1.54, 1.807) is 12.3 Å². The number of aromatic nitrogens is 3. The van der Waals surface area contributed by atoms with Crippen LogP contribution in [0.5, 0.6) is 5.75 Å². The van der Waals surface area contributed by atoms with Gasteiger partial charge in [-0.3, -0.25) is 9.55 Å². The first-order valence-electron chi connectivity index (χ1n) is 25.2. The van der Waals surface area contributed by atoms with Crippen molar-refractivity contribution in [1.82, 2.24) is 14.5 Å². The number of rotatable bonds is 8. The Hall–Kier alpha value is -6.35. The fourth-order valence-electron chi connectivity index (χ4n) is 8.08. The standard InChI is InChI=1S/C57H50N3O.Pt/c1-36(2)42-23-26-52(49(34-42)41-17-12-9-13-18-41)60-53-20-14-19-48(54(53)59-56(60)50-30-37(3)29-38(4)55(50)61)45-31-44(39-15-10-8-11-16-39)32-46(33-45)51-35-43(27-28-58-51)40-21-24-47(25-22-40)57(5,6)7;/h8-32,34-36,61H,1-7H3;/q-1;/i5D3,6D3,7D3,36D;. The van der Waals surface area contributed by atoms with Gasteiger partial charge in [0.25, 0.3) is 0 Å². The fourth-order valence-corrected chi connectivity index (χ4v) is 8.08. The van der Waals surface area contributed by atoms with Gasteiger partial charge in [0, 0.05) is 52.2 Å². The summed E-state index contributed by atoms with van der Waals surface area (Å²) in [6.07, 6.45) is 1.64. The van der Waals surface area contributed by atoms with Gasteiger partial charge in [0.1, 0.15) is 11.6 Å².